The van der Waals surface area contributed by atoms with E-state index in [9.17, 15) is 9.18 Å². The van der Waals surface area contributed by atoms with Crippen molar-refractivity contribution in [1.29, 1.82) is 0 Å². The number of halogens is 1. The second-order valence-corrected chi connectivity index (χ2v) is 3.88. The predicted octanol–water partition coefficient (Wildman–Crippen LogP) is 3.30. The molecule has 14 heavy (non-hydrogen) atoms. The van der Waals surface area contributed by atoms with Crippen molar-refractivity contribution in [3.05, 3.63) is 35.1 Å². The van der Waals surface area contributed by atoms with Crippen LogP contribution in [0.3, 0.4) is 0 Å². The largest absolute Gasteiger partial charge is 0.298 e. The zero-order valence-corrected chi connectivity index (χ0v) is 8.00. The van der Waals surface area contributed by atoms with Crippen molar-refractivity contribution in [2.75, 3.05) is 0 Å². The summed E-state index contributed by atoms with van der Waals surface area (Å²) in [7, 11) is 0. The molecule has 0 aliphatic heterocycles. The van der Waals surface area contributed by atoms with E-state index in [4.69, 9.17) is 0 Å². The van der Waals surface area contributed by atoms with Crippen LogP contribution in [0.1, 0.15) is 47.5 Å². The van der Waals surface area contributed by atoms with Gasteiger partial charge in [-0.25, -0.2) is 4.39 Å². The van der Waals surface area contributed by atoms with Gasteiger partial charge in [0.2, 0.25) is 0 Å². The van der Waals surface area contributed by atoms with Gasteiger partial charge in [0.15, 0.2) is 0 Å². The number of hydrogen-bond acceptors (Lipinski definition) is 1. The number of carbonyl (C=O) groups excluding carboxylic acids is 1. The Bertz CT molecular complexity index is 340. The lowest BCUT2D eigenvalue weighted by atomic mass is 9.95. The van der Waals surface area contributed by atoms with Crippen LogP contribution in [0.2, 0.25) is 0 Å². The molecule has 2 heteroatoms. The van der Waals surface area contributed by atoms with E-state index in [1.54, 1.807) is 6.07 Å². The monoisotopic (exact) mass is 192 g/mol. The van der Waals surface area contributed by atoms with Gasteiger partial charge in [0.25, 0.3) is 0 Å². The minimum absolute atomic E-state index is 0.164. The summed E-state index contributed by atoms with van der Waals surface area (Å²) in [6.45, 7) is 0. The van der Waals surface area contributed by atoms with Crippen molar-refractivity contribution in [1.82, 2.24) is 0 Å². The number of rotatable bonds is 2. The fourth-order valence-corrected chi connectivity index (χ4v) is 2.19. The normalized spacial score (nSPS) is 17.2. The minimum Gasteiger partial charge on any atom is -0.298 e. The van der Waals surface area contributed by atoms with Gasteiger partial charge in [0.05, 0.1) is 0 Å². The van der Waals surface area contributed by atoms with Gasteiger partial charge >= 0.3 is 0 Å². The summed E-state index contributed by atoms with van der Waals surface area (Å²) >= 11 is 0. The van der Waals surface area contributed by atoms with E-state index >= 15 is 0 Å². The summed E-state index contributed by atoms with van der Waals surface area (Å²) in [5, 5.41) is 0. The molecule has 2 rings (SSSR count). The molecule has 1 fully saturated rings. The zero-order chi connectivity index (χ0) is 9.97. The van der Waals surface area contributed by atoms with Crippen LogP contribution in [-0.4, -0.2) is 6.29 Å². The zero-order valence-electron chi connectivity index (χ0n) is 8.00. The second-order valence-electron chi connectivity index (χ2n) is 3.88. The smallest absolute Gasteiger partial charge is 0.150 e. The van der Waals surface area contributed by atoms with Crippen molar-refractivity contribution in [3.63, 3.8) is 0 Å². The number of hydrogen-bond donors (Lipinski definition) is 0. The average molecular weight is 192 g/mol. The third-order valence-electron chi connectivity index (χ3n) is 2.95. The summed E-state index contributed by atoms with van der Waals surface area (Å²) in [6, 6.07) is 4.62. The van der Waals surface area contributed by atoms with Gasteiger partial charge in [-0.1, -0.05) is 12.8 Å². The average Bonchev–Trinajstić information content (AvgIpc) is 2.71. The van der Waals surface area contributed by atoms with E-state index in [1.165, 1.54) is 25.0 Å². The summed E-state index contributed by atoms with van der Waals surface area (Å²) in [5.74, 6) is 0.164. The van der Waals surface area contributed by atoms with Crippen LogP contribution in [0.25, 0.3) is 0 Å². The molecule has 1 aliphatic rings. The number of carbonyl (C=O) groups is 1. The van der Waals surface area contributed by atoms with Gasteiger partial charge in [0, 0.05) is 5.56 Å². The van der Waals surface area contributed by atoms with E-state index < -0.39 is 0 Å². The standard InChI is InChI=1S/C12H13FO/c13-12-6-5-9(8-14)7-11(12)10-3-1-2-4-10/h5-8,10H,1-4H2. The molecule has 1 nitrogen and oxygen atoms in total. The van der Waals surface area contributed by atoms with E-state index in [0.717, 1.165) is 24.7 Å². The molecule has 0 spiro atoms. The minimum atomic E-state index is -0.164. The van der Waals surface area contributed by atoms with Crippen molar-refractivity contribution in [2.24, 2.45) is 0 Å². The fourth-order valence-electron chi connectivity index (χ4n) is 2.19. The van der Waals surface area contributed by atoms with Crippen molar-refractivity contribution in [3.8, 4) is 0 Å². The fraction of sp³-hybridized carbons (Fsp3) is 0.417. The van der Waals surface area contributed by atoms with Gasteiger partial charge in [-0.3, -0.25) is 4.79 Å². The maximum Gasteiger partial charge on any atom is 0.150 e. The van der Waals surface area contributed by atoms with Gasteiger partial charge in [-0.15, -0.1) is 0 Å². The summed E-state index contributed by atoms with van der Waals surface area (Å²) in [6.07, 6.45) is 5.24. The maximum atomic E-state index is 13.4. The van der Waals surface area contributed by atoms with Crippen LogP contribution in [0.15, 0.2) is 18.2 Å². The molecule has 0 amide bonds. The van der Waals surface area contributed by atoms with Gasteiger partial charge in [-0.05, 0) is 42.5 Å². The van der Waals surface area contributed by atoms with Crippen LogP contribution >= 0.6 is 0 Å². The summed E-state index contributed by atoms with van der Waals surface area (Å²) < 4.78 is 13.4. The predicted molar refractivity (Wildman–Crippen MR) is 53.0 cm³/mol. The van der Waals surface area contributed by atoms with Crippen molar-refractivity contribution < 1.29 is 9.18 Å². The lowest BCUT2D eigenvalue weighted by molar-refractivity contribution is 0.112. The lowest BCUT2D eigenvalue weighted by Gasteiger charge is -2.10. The highest BCUT2D eigenvalue weighted by Gasteiger charge is 2.20. The molecule has 0 saturated heterocycles. The van der Waals surface area contributed by atoms with Gasteiger partial charge in [0.1, 0.15) is 12.1 Å². The quantitative estimate of drug-likeness (QED) is 0.657. The molecule has 1 aliphatic carbocycles. The van der Waals surface area contributed by atoms with Crippen LogP contribution in [-0.2, 0) is 0 Å². The highest BCUT2D eigenvalue weighted by Crippen LogP contribution is 2.35. The highest BCUT2D eigenvalue weighted by atomic mass is 19.1. The Morgan fingerprint density at radius 1 is 1.29 bits per heavy atom. The second kappa shape index (κ2) is 3.91. The molecular weight excluding hydrogens is 179 g/mol. The molecule has 1 saturated carbocycles. The number of benzene rings is 1. The van der Waals surface area contributed by atoms with Crippen LogP contribution in [0.5, 0.6) is 0 Å². The Hall–Kier alpha value is -1.18. The van der Waals surface area contributed by atoms with Crippen LogP contribution in [0.4, 0.5) is 4.39 Å². The summed E-state index contributed by atoms with van der Waals surface area (Å²) in [4.78, 5) is 10.6. The SMILES string of the molecule is O=Cc1ccc(F)c(C2CCCC2)c1. The van der Waals surface area contributed by atoms with E-state index in [0.29, 0.717) is 11.5 Å². The Morgan fingerprint density at radius 2 is 2.00 bits per heavy atom. The molecule has 0 radical (unpaired) electrons. The third-order valence-corrected chi connectivity index (χ3v) is 2.95. The first-order chi connectivity index (χ1) is 6.81. The van der Waals surface area contributed by atoms with Crippen molar-refractivity contribution >= 4 is 6.29 Å². The molecule has 1 aromatic carbocycles. The maximum absolute atomic E-state index is 13.4. The molecule has 0 bridgehead atoms. The topological polar surface area (TPSA) is 17.1 Å². The van der Waals surface area contributed by atoms with Gasteiger partial charge < -0.3 is 0 Å². The van der Waals surface area contributed by atoms with E-state index in [2.05, 4.69) is 0 Å². The Morgan fingerprint density at radius 3 is 2.64 bits per heavy atom. The van der Waals surface area contributed by atoms with E-state index in [1.807, 2.05) is 0 Å². The molecule has 0 atom stereocenters. The highest BCUT2D eigenvalue weighted by molar-refractivity contribution is 5.75. The first kappa shape index (κ1) is 9.38. The molecule has 0 aromatic heterocycles. The molecule has 0 N–H and O–H groups in total. The lowest BCUT2D eigenvalue weighted by Crippen LogP contribution is -1.98. The first-order valence-corrected chi connectivity index (χ1v) is 5.06. The summed E-state index contributed by atoms with van der Waals surface area (Å²) in [5.41, 5.74) is 1.31. The van der Waals surface area contributed by atoms with E-state index in [-0.39, 0.29) is 5.82 Å². The third kappa shape index (κ3) is 1.69. The molecular formula is C12H13FO. The molecule has 0 unspecified atom stereocenters. The Kier molecular flexibility index (Phi) is 2.62. The van der Waals surface area contributed by atoms with Gasteiger partial charge in [-0.2, -0.15) is 0 Å². The molecule has 1 aromatic rings. The molecule has 74 valence electrons. The van der Waals surface area contributed by atoms with Crippen LogP contribution in [0, 0.1) is 5.82 Å². The first-order valence-electron chi connectivity index (χ1n) is 5.06. The number of aldehydes is 1. The molecule has 0 heterocycles. The van der Waals surface area contributed by atoms with Crippen LogP contribution < -0.4 is 0 Å². The Balaban J connectivity index is 2.34. The Labute approximate surface area is 82.9 Å². The van der Waals surface area contributed by atoms with Crippen molar-refractivity contribution in [2.45, 2.75) is 31.6 Å².